The number of rotatable bonds is 4. The van der Waals surface area contributed by atoms with E-state index >= 15 is 0 Å². The van der Waals surface area contributed by atoms with Crippen molar-refractivity contribution in [2.24, 2.45) is 0 Å². The summed E-state index contributed by atoms with van der Waals surface area (Å²) in [5.74, 6) is 0.260. The zero-order chi connectivity index (χ0) is 14.7. The third-order valence-electron chi connectivity index (χ3n) is 4.81. The third-order valence-corrected chi connectivity index (χ3v) is 4.81. The van der Waals surface area contributed by atoms with Gasteiger partial charge in [-0.3, -0.25) is 4.79 Å². The molecule has 21 heavy (non-hydrogen) atoms. The number of likely N-dealkylation sites (tertiary alicyclic amines) is 1. The Morgan fingerprint density at radius 3 is 2.71 bits per heavy atom. The second-order valence-corrected chi connectivity index (χ2v) is 6.45. The molecule has 0 radical (unpaired) electrons. The van der Waals surface area contributed by atoms with E-state index in [2.05, 4.69) is 23.5 Å². The summed E-state index contributed by atoms with van der Waals surface area (Å²) in [6.45, 7) is 4.64. The minimum Gasteiger partial charge on any atom is -0.341 e. The summed E-state index contributed by atoms with van der Waals surface area (Å²) in [6.07, 6.45) is 7.31. The lowest BCUT2D eigenvalue weighted by atomic mass is 10.1. The molecule has 3 nitrogen and oxygen atoms in total. The van der Waals surface area contributed by atoms with Gasteiger partial charge in [0, 0.05) is 19.6 Å². The first-order valence-electron chi connectivity index (χ1n) is 8.37. The standard InChI is InChI=1S/C18H26N2O/c1-14(18(21)20-10-3-2-4-11-20)19-13-15-8-9-16-6-5-7-17(16)12-15/h8-9,12,14,19H,2-7,10-11,13H2,1H3. The maximum atomic E-state index is 12.4. The Labute approximate surface area is 127 Å². The minimum atomic E-state index is -0.0867. The van der Waals surface area contributed by atoms with Crippen molar-refractivity contribution in [3.8, 4) is 0 Å². The Balaban J connectivity index is 1.53. The fraction of sp³-hybridized carbons (Fsp3) is 0.611. The molecule has 1 amide bonds. The first-order valence-corrected chi connectivity index (χ1v) is 8.37. The predicted octanol–water partition coefficient (Wildman–Crippen LogP) is 2.67. The van der Waals surface area contributed by atoms with Gasteiger partial charge in [0.25, 0.3) is 0 Å². The van der Waals surface area contributed by atoms with Gasteiger partial charge in [0.15, 0.2) is 0 Å². The van der Waals surface area contributed by atoms with Gasteiger partial charge >= 0.3 is 0 Å². The van der Waals surface area contributed by atoms with Gasteiger partial charge in [-0.1, -0.05) is 18.2 Å². The number of nitrogens with zero attached hydrogens (tertiary/aromatic N) is 1. The molecule has 3 rings (SSSR count). The van der Waals surface area contributed by atoms with E-state index < -0.39 is 0 Å². The normalized spacial score (nSPS) is 19.4. The summed E-state index contributed by atoms with van der Waals surface area (Å²) >= 11 is 0. The smallest absolute Gasteiger partial charge is 0.239 e. The quantitative estimate of drug-likeness (QED) is 0.923. The Bertz CT molecular complexity index is 506. The Morgan fingerprint density at radius 1 is 1.14 bits per heavy atom. The molecule has 1 fully saturated rings. The summed E-state index contributed by atoms with van der Waals surface area (Å²) in [4.78, 5) is 14.4. The van der Waals surface area contributed by atoms with Crippen LogP contribution in [0.2, 0.25) is 0 Å². The maximum absolute atomic E-state index is 12.4. The lowest BCUT2D eigenvalue weighted by molar-refractivity contribution is -0.133. The molecule has 1 aliphatic heterocycles. The van der Waals surface area contributed by atoms with Crippen LogP contribution in [0.3, 0.4) is 0 Å². The van der Waals surface area contributed by atoms with E-state index in [4.69, 9.17) is 0 Å². The van der Waals surface area contributed by atoms with Crippen LogP contribution in [0.25, 0.3) is 0 Å². The lowest BCUT2D eigenvalue weighted by Gasteiger charge is -2.29. The number of nitrogens with one attached hydrogen (secondary N) is 1. The van der Waals surface area contributed by atoms with E-state index in [-0.39, 0.29) is 11.9 Å². The molecule has 1 aliphatic carbocycles. The van der Waals surface area contributed by atoms with Gasteiger partial charge in [-0.2, -0.15) is 0 Å². The minimum absolute atomic E-state index is 0.0867. The van der Waals surface area contributed by atoms with Gasteiger partial charge < -0.3 is 10.2 Å². The molecule has 0 saturated carbocycles. The molecule has 1 heterocycles. The van der Waals surface area contributed by atoms with Crippen molar-refractivity contribution in [2.45, 2.75) is 58.0 Å². The number of hydrogen-bond donors (Lipinski definition) is 1. The van der Waals surface area contributed by atoms with Crippen LogP contribution in [0.5, 0.6) is 0 Å². The molecular weight excluding hydrogens is 260 g/mol. The highest BCUT2D eigenvalue weighted by molar-refractivity contribution is 5.81. The van der Waals surface area contributed by atoms with Crippen LogP contribution >= 0.6 is 0 Å². The summed E-state index contributed by atoms with van der Waals surface area (Å²) in [5, 5.41) is 3.40. The zero-order valence-corrected chi connectivity index (χ0v) is 13.0. The summed E-state index contributed by atoms with van der Waals surface area (Å²) in [6, 6.07) is 6.69. The van der Waals surface area contributed by atoms with Crippen LogP contribution < -0.4 is 5.32 Å². The number of aryl methyl sites for hydroxylation is 2. The number of benzene rings is 1. The maximum Gasteiger partial charge on any atom is 0.239 e. The highest BCUT2D eigenvalue weighted by Gasteiger charge is 2.21. The third kappa shape index (κ3) is 3.46. The van der Waals surface area contributed by atoms with E-state index in [0.29, 0.717) is 0 Å². The molecule has 0 aromatic heterocycles. The van der Waals surface area contributed by atoms with E-state index in [9.17, 15) is 4.79 Å². The fourth-order valence-corrected chi connectivity index (χ4v) is 3.48. The van der Waals surface area contributed by atoms with Gasteiger partial charge in [0.05, 0.1) is 6.04 Å². The molecule has 1 N–H and O–H groups in total. The van der Waals surface area contributed by atoms with Gasteiger partial charge in [0.2, 0.25) is 5.91 Å². The lowest BCUT2D eigenvalue weighted by Crippen LogP contribution is -2.46. The van der Waals surface area contributed by atoms with E-state index in [1.54, 1.807) is 0 Å². The number of hydrogen-bond acceptors (Lipinski definition) is 2. The van der Waals surface area contributed by atoms with Crippen molar-refractivity contribution in [2.75, 3.05) is 13.1 Å². The van der Waals surface area contributed by atoms with Crippen LogP contribution in [0, 0.1) is 0 Å². The molecule has 114 valence electrons. The Hall–Kier alpha value is -1.35. The van der Waals surface area contributed by atoms with Crippen LogP contribution in [0.4, 0.5) is 0 Å². The van der Waals surface area contributed by atoms with Crippen LogP contribution in [0.15, 0.2) is 18.2 Å². The largest absolute Gasteiger partial charge is 0.341 e. The molecule has 1 aromatic carbocycles. The molecule has 1 atom stereocenters. The molecule has 1 aromatic rings. The zero-order valence-electron chi connectivity index (χ0n) is 13.0. The first-order chi connectivity index (χ1) is 10.2. The van der Waals surface area contributed by atoms with Crippen LogP contribution in [-0.2, 0) is 24.2 Å². The van der Waals surface area contributed by atoms with Gasteiger partial charge in [-0.05, 0) is 62.1 Å². The van der Waals surface area contributed by atoms with Crippen molar-refractivity contribution in [3.63, 3.8) is 0 Å². The fourth-order valence-electron chi connectivity index (χ4n) is 3.48. The number of carbonyl (C=O) groups is 1. The number of carbonyl (C=O) groups excluding carboxylic acids is 1. The molecular formula is C18H26N2O. The van der Waals surface area contributed by atoms with Crippen molar-refractivity contribution in [3.05, 3.63) is 34.9 Å². The van der Waals surface area contributed by atoms with E-state index in [1.807, 2.05) is 11.8 Å². The average Bonchev–Trinajstić information content (AvgIpc) is 3.00. The molecule has 3 heteroatoms. The number of fused-ring (bicyclic) bond motifs is 1. The summed E-state index contributed by atoms with van der Waals surface area (Å²) < 4.78 is 0. The van der Waals surface area contributed by atoms with Gasteiger partial charge in [-0.25, -0.2) is 0 Å². The number of piperidine rings is 1. The topological polar surface area (TPSA) is 32.3 Å². The summed E-state index contributed by atoms with van der Waals surface area (Å²) in [7, 11) is 0. The van der Waals surface area contributed by atoms with Crippen molar-refractivity contribution in [1.29, 1.82) is 0 Å². The van der Waals surface area contributed by atoms with Crippen molar-refractivity contribution < 1.29 is 4.79 Å². The van der Waals surface area contributed by atoms with Gasteiger partial charge in [-0.15, -0.1) is 0 Å². The molecule has 1 unspecified atom stereocenters. The van der Waals surface area contributed by atoms with E-state index in [1.165, 1.54) is 42.4 Å². The SMILES string of the molecule is CC(NCc1ccc2c(c1)CCC2)C(=O)N1CCCCC1. The highest BCUT2D eigenvalue weighted by Crippen LogP contribution is 2.22. The van der Waals surface area contributed by atoms with Crippen molar-refractivity contribution >= 4 is 5.91 Å². The molecule has 1 saturated heterocycles. The van der Waals surface area contributed by atoms with E-state index in [0.717, 1.165) is 32.5 Å². The predicted molar refractivity (Wildman–Crippen MR) is 85.2 cm³/mol. The Kier molecular flexibility index (Phi) is 4.59. The first kappa shape index (κ1) is 14.6. The molecule has 0 bridgehead atoms. The average molecular weight is 286 g/mol. The van der Waals surface area contributed by atoms with Gasteiger partial charge in [0.1, 0.15) is 0 Å². The highest BCUT2D eigenvalue weighted by atomic mass is 16.2. The van der Waals surface area contributed by atoms with Crippen LogP contribution in [-0.4, -0.2) is 29.9 Å². The molecule has 2 aliphatic rings. The van der Waals surface area contributed by atoms with Crippen molar-refractivity contribution in [1.82, 2.24) is 10.2 Å². The Morgan fingerprint density at radius 2 is 1.90 bits per heavy atom. The molecule has 0 spiro atoms. The second kappa shape index (κ2) is 6.61. The van der Waals surface area contributed by atoms with Crippen LogP contribution in [0.1, 0.15) is 49.3 Å². The number of amides is 1. The monoisotopic (exact) mass is 286 g/mol. The second-order valence-electron chi connectivity index (χ2n) is 6.45. The summed E-state index contributed by atoms with van der Waals surface area (Å²) in [5.41, 5.74) is 4.31.